The molecule has 0 aromatic heterocycles. The average molecular weight is 161 g/mol. The van der Waals surface area contributed by atoms with Crippen molar-refractivity contribution in [2.24, 2.45) is 0 Å². The first kappa shape index (κ1) is 9.90. The van der Waals surface area contributed by atoms with E-state index in [4.69, 9.17) is 5.11 Å². The third-order valence-corrected chi connectivity index (χ3v) is 0.994. The number of aliphatic hydroxyl groups is 1. The maximum absolute atomic E-state index is 10.6. The minimum Gasteiger partial charge on any atom is -0.463 e. The number of likely N-dealkylation sites (N-methyl/N-ethyl adjacent to an activating group) is 1. The van der Waals surface area contributed by atoms with Crippen molar-refractivity contribution >= 4 is 11.9 Å². The van der Waals surface area contributed by atoms with E-state index in [1.54, 1.807) is 0 Å². The van der Waals surface area contributed by atoms with Crippen LogP contribution in [-0.4, -0.2) is 36.7 Å². The lowest BCUT2D eigenvalue weighted by Gasteiger charge is -2.07. The number of rotatable bonds is 3. The summed E-state index contributed by atoms with van der Waals surface area (Å²) in [4.78, 5) is 20.8. The van der Waals surface area contributed by atoms with Gasteiger partial charge in [-0.2, -0.15) is 0 Å². The van der Waals surface area contributed by atoms with Crippen LogP contribution in [0.5, 0.6) is 0 Å². The van der Waals surface area contributed by atoms with Crippen LogP contribution < -0.4 is 5.32 Å². The molecule has 2 N–H and O–H groups in total. The first-order chi connectivity index (χ1) is 5.07. The van der Waals surface area contributed by atoms with E-state index in [1.807, 2.05) is 0 Å². The number of aliphatic hydroxyl groups excluding tert-OH is 1. The lowest BCUT2D eigenvalue weighted by Crippen LogP contribution is -2.35. The molecular weight excluding hydrogens is 150 g/mol. The van der Waals surface area contributed by atoms with Gasteiger partial charge in [0, 0.05) is 14.0 Å². The second kappa shape index (κ2) is 4.68. The minimum atomic E-state index is -1.27. The van der Waals surface area contributed by atoms with Gasteiger partial charge in [-0.3, -0.25) is 9.59 Å². The predicted molar refractivity (Wildman–Crippen MR) is 36.7 cm³/mol. The van der Waals surface area contributed by atoms with Crippen molar-refractivity contribution in [1.82, 2.24) is 5.32 Å². The van der Waals surface area contributed by atoms with E-state index in [0.717, 1.165) is 0 Å². The SMILES string of the molecule is CNC(=O)C(O)COC(C)=O. The van der Waals surface area contributed by atoms with Crippen molar-refractivity contribution in [3.05, 3.63) is 0 Å². The van der Waals surface area contributed by atoms with Gasteiger partial charge in [-0.1, -0.05) is 0 Å². The Morgan fingerprint density at radius 3 is 2.55 bits per heavy atom. The van der Waals surface area contributed by atoms with Gasteiger partial charge in [0.2, 0.25) is 0 Å². The Balaban J connectivity index is 3.60. The smallest absolute Gasteiger partial charge is 0.302 e. The highest BCUT2D eigenvalue weighted by molar-refractivity contribution is 5.80. The Hall–Kier alpha value is -1.10. The molecule has 1 unspecified atom stereocenters. The van der Waals surface area contributed by atoms with Crippen LogP contribution in [0.3, 0.4) is 0 Å². The number of ether oxygens (including phenoxy) is 1. The Morgan fingerprint density at radius 1 is 1.64 bits per heavy atom. The molecule has 0 saturated heterocycles. The second-order valence-electron chi connectivity index (χ2n) is 1.93. The fourth-order valence-electron chi connectivity index (χ4n) is 0.439. The minimum absolute atomic E-state index is 0.297. The highest BCUT2D eigenvalue weighted by atomic mass is 16.5. The number of esters is 1. The molecule has 0 radical (unpaired) electrons. The number of nitrogens with one attached hydrogen (secondary N) is 1. The third kappa shape index (κ3) is 4.32. The molecule has 0 aliphatic heterocycles. The molecule has 64 valence electrons. The maximum atomic E-state index is 10.6. The molecular formula is C6H11NO4. The monoisotopic (exact) mass is 161 g/mol. The highest BCUT2D eigenvalue weighted by Crippen LogP contribution is 1.85. The molecule has 0 rings (SSSR count). The van der Waals surface area contributed by atoms with E-state index in [0.29, 0.717) is 0 Å². The third-order valence-electron chi connectivity index (χ3n) is 0.994. The van der Waals surface area contributed by atoms with Crippen LogP contribution in [-0.2, 0) is 14.3 Å². The maximum Gasteiger partial charge on any atom is 0.302 e. The second-order valence-corrected chi connectivity index (χ2v) is 1.93. The van der Waals surface area contributed by atoms with Crippen LogP contribution in [0.2, 0.25) is 0 Å². The number of hydrogen-bond donors (Lipinski definition) is 2. The largest absolute Gasteiger partial charge is 0.463 e. The van der Waals surface area contributed by atoms with Gasteiger partial charge >= 0.3 is 5.97 Å². The van der Waals surface area contributed by atoms with Crippen LogP contribution in [0, 0.1) is 0 Å². The molecule has 5 heteroatoms. The summed E-state index contributed by atoms with van der Waals surface area (Å²) in [5, 5.41) is 11.1. The lowest BCUT2D eigenvalue weighted by atomic mass is 10.3. The summed E-state index contributed by atoms with van der Waals surface area (Å²) in [6.45, 7) is 0.908. The zero-order chi connectivity index (χ0) is 8.85. The lowest BCUT2D eigenvalue weighted by molar-refractivity contribution is -0.146. The van der Waals surface area contributed by atoms with Crippen LogP contribution >= 0.6 is 0 Å². The molecule has 0 spiro atoms. The van der Waals surface area contributed by atoms with Crippen LogP contribution in [0.25, 0.3) is 0 Å². The van der Waals surface area contributed by atoms with E-state index in [2.05, 4.69) is 10.1 Å². The molecule has 0 aromatic rings. The van der Waals surface area contributed by atoms with Crippen LogP contribution in [0.15, 0.2) is 0 Å². The van der Waals surface area contributed by atoms with Gasteiger partial charge in [0.25, 0.3) is 5.91 Å². The van der Waals surface area contributed by atoms with E-state index in [1.165, 1.54) is 14.0 Å². The highest BCUT2D eigenvalue weighted by Gasteiger charge is 2.13. The van der Waals surface area contributed by atoms with Gasteiger partial charge in [-0.15, -0.1) is 0 Å². The van der Waals surface area contributed by atoms with E-state index < -0.39 is 18.0 Å². The Bertz CT molecular complexity index is 157. The molecule has 0 aliphatic rings. The molecule has 5 nitrogen and oxygen atoms in total. The Morgan fingerprint density at radius 2 is 2.18 bits per heavy atom. The Kier molecular flexibility index (Phi) is 4.21. The molecule has 0 heterocycles. The summed E-state index contributed by atoms with van der Waals surface area (Å²) in [6, 6.07) is 0. The van der Waals surface area contributed by atoms with Crippen molar-refractivity contribution in [1.29, 1.82) is 0 Å². The van der Waals surface area contributed by atoms with Crippen LogP contribution in [0.4, 0.5) is 0 Å². The van der Waals surface area contributed by atoms with E-state index in [9.17, 15) is 9.59 Å². The van der Waals surface area contributed by atoms with Crippen molar-refractivity contribution in [2.45, 2.75) is 13.0 Å². The zero-order valence-electron chi connectivity index (χ0n) is 6.46. The quantitative estimate of drug-likeness (QED) is 0.502. The number of carbonyl (C=O) groups excluding carboxylic acids is 2. The first-order valence-electron chi connectivity index (χ1n) is 3.11. The topological polar surface area (TPSA) is 75.6 Å². The van der Waals surface area contributed by atoms with Gasteiger partial charge in [0.15, 0.2) is 6.10 Å². The molecule has 0 aromatic carbocycles. The molecule has 0 bridgehead atoms. The van der Waals surface area contributed by atoms with Gasteiger partial charge in [0.05, 0.1) is 0 Å². The molecule has 0 fully saturated rings. The summed E-state index contributed by atoms with van der Waals surface area (Å²) in [5.41, 5.74) is 0. The van der Waals surface area contributed by atoms with Gasteiger partial charge in [-0.05, 0) is 0 Å². The van der Waals surface area contributed by atoms with E-state index in [-0.39, 0.29) is 6.61 Å². The standard InChI is InChI=1S/C6H11NO4/c1-4(8)11-3-5(9)6(10)7-2/h5,9H,3H2,1-2H3,(H,7,10). The summed E-state index contributed by atoms with van der Waals surface area (Å²) in [7, 11) is 1.39. The summed E-state index contributed by atoms with van der Waals surface area (Å²) in [5.74, 6) is -1.08. The predicted octanol–water partition coefficient (Wildman–Crippen LogP) is -1.34. The summed E-state index contributed by atoms with van der Waals surface area (Å²) in [6.07, 6.45) is -1.27. The van der Waals surface area contributed by atoms with Gasteiger partial charge in [-0.25, -0.2) is 0 Å². The molecule has 0 saturated carbocycles. The fraction of sp³-hybridized carbons (Fsp3) is 0.667. The number of carbonyl (C=O) groups is 2. The summed E-state index contributed by atoms with van der Waals surface area (Å²) >= 11 is 0. The molecule has 1 atom stereocenters. The van der Waals surface area contributed by atoms with Crippen molar-refractivity contribution in [3.8, 4) is 0 Å². The molecule has 0 aliphatic carbocycles. The van der Waals surface area contributed by atoms with Crippen molar-refractivity contribution < 1.29 is 19.4 Å². The first-order valence-corrected chi connectivity index (χ1v) is 3.11. The average Bonchev–Trinajstić information content (AvgIpc) is 1.98. The fourth-order valence-corrected chi connectivity index (χ4v) is 0.439. The number of hydrogen-bond acceptors (Lipinski definition) is 4. The summed E-state index contributed by atoms with van der Waals surface area (Å²) < 4.78 is 4.38. The molecule has 11 heavy (non-hydrogen) atoms. The van der Waals surface area contributed by atoms with Crippen molar-refractivity contribution in [2.75, 3.05) is 13.7 Å². The van der Waals surface area contributed by atoms with Gasteiger partial charge < -0.3 is 15.2 Å². The zero-order valence-corrected chi connectivity index (χ0v) is 6.46. The Labute approximate surface area is 64.3 Å². The van der Waals surface area contributed by atoms with E-state index >= 15 is 0 Å². The molecule has 1 amide bonds. The normalized spacial score (nSPS) is 11.9. The van der Waals surface area contributed by atoms with Crippen molar-refractivity contribution in [3.63, 3.8) is 0 Å². The van der Waals surface area contributed by atoms with Gasteiger partial charge in [0.1, 0.15) is 6.61 Å². The number of amides is 1. The van der Waals surface area contributed by atoms with Crippen LogP contribution in [0.1, 0.15) is 6.92 Å².